The molecule has 1 saturated carbocycles. The molecule has 0 bridgehead atoms. The van der Waals surface area contributed by atoms with Crippen LogP contribution in [-0.4, -0.2) is 16.9 Å². The van der Waals surface area contributed by atoms with Crippen LogP contribution in [0.1, 0.15) is 57.4 Å². The number of hydrogen-bond acceptors (Lipinski definition) is 2. The van der Waals surface area contributed by atoms with Gasteiger partial charge in [0.1, 0.15) is 0 Å². The number of benzene rings is 1. The fraction of sp³-hybridized carbons (Fsp3) is 0.556. The summed E-state index contributed by atoms with van der Waals surface area (Å²) in [5.74, 6) is -0.211. The molecule has 3 nitrogen and oxygen atoms in total. The summed E-state index contributed by atoms with van der Waals surface area (Å²) in [6, 6.07) is 8.48. The van der Waals surface area contributed by atoms with Gasteiger partial charge in [0.15, 0.2) is 4.99 Å². The summed E-state index contributed by atoms with van der Waals surface area (Å²) in [6.45, 7) is 2.22. The molecule has 4 heteroatoms. The first-order chi connectivity index (χ1) is 10.7. The summed E-state index contributed by atoms with van der Waals surface area (Å²) < 4.78 is 0. The fourth-order valence-electron chi connectivity index (χ4n) is 2.50. The van der Waals surface area contributed by atoms with E-state index in [0.29, 0.717) is 11.0 Å². The van der Waals surface area contributed by atoms with Gasteiger partial charge in [0, 0.05) is 11.7 Å². The summed E-state index contributed by atoms with van der Waals surface area (Å²) >= 11 is 5.14. The molecule has 0 aromatic heterocycles. The maximum Gasteiger partial charge on any atom is 0.283 e. The molecule has 1 aliphatic carbocycles. The maximum absolute atomic E-state index is 12.0. The molecule has 1 amide bonds. The molecule has 22 heavy (non-hydrogen) atoms. The highest BCUT2D eigenvalue weighted by Gasteiger charge is 2.20. The van der Waals surface area contributed by atoms with Crippen LogP contribution in [0.2, 0.25) is 0 Å². The van der Waals surface area contributed by atoms with Crippen LogP contribution in [0.5, 0.6) is 0 Å². The predicted octanol–water partition coefficient (Wildman–Crippen LogP) is 4.22. The molecule has 1 fully saturated rings. The predicted molar refractivity (Wildman–Crippen MR) is 96.3 cm³/mol. The SMILES string of the molecule is CCCCCCc1ccc(NC(=O)C(=S)NC2CCC2)cc1. The first kappa shape index (κ1) is 16.9. The second kappa shape index (κ2) is 8.89. The maximum atomic E-state index is 12.0. The molecule has 1 aliphatic rings. The smallest absolute Gasteiger partial charge is 0.283 e. The zero-order valence-corrected chi connectivity index (χ0v) is 14.2. The number of rotatable bonds is 7. The normalized spacial score (nSPS) is 14.2. The van der Waals surface area contributed by atoms with Crippen LogP contribution in [0.15, 0.2) is 24.3 Å². The number of carbonyl (C=O) groups excluding carboxylic acids is 1. The number of amides is 1. The van der Waals surface area contributed by atoms with Gasteiger partial charge in [-0.05, 0) is 49.8 Å². The Morgan fingerprint density at radius 1 is 1.18 bits per heavy atom. The zero-order valence-electron chi connectivity index (χ0n) is 13.4. The van der Waals surface area contributed by atoms with Crippen molar-refractivity contribution in [3.05, 3.63) is 29.8 Å². The lowest BCUT2D eigenvalue weighted by Gasteiger charge is -2.27. The third-order valence-corrected chi connectivity index (χ3v) is 4.48. The molecule has 1 aromatic rings. The molecular formula is C18H26N2OS. The lowest BCUT2D eigenvalue weighted by Crippen LogP contribution is -2.43. The molecule has 0 spiro atoms. The average molecular weight is 318 g/mol. The van der Waals surface area contributed by atoms with Gasteiger partial charge in [-0.15, -0.1) is 0 Å². The van der Waals surface area contributed by atoms with Gasteiger partial charge in [-0.2, -0.15) is 0 Å². The monoisotopic (exact) mass is 318 g/mol. The molecule has 0 saturated heterocycles. The fourth-order valence-corrected chi connectivity index (χ4v) is 2.72. The van der Waals surface area contributed by atoms with Gasteiger partial charge < -0.3 is 10.6 Å². The van der Waals surface area contributed by atoms with Crippen molar-refractivity contribution in [2.75, 3.05) is 5.32 Å². The van der Waals surface area contributed by atoms with Gasteiger partial charge in [-0.1, -0.05) is 50.5 Å². The van der Waals surface area contributed by atoms with E-state index >= 15 is 0 Å². The van der Waals surface area contributed by atoms with Crippen LogP contribution in [0.4, 0.5) is 5.69 Å². The number of unbranched alkanes of at least 4 members (excludes halogenated alkanes) is 3. The van der Waals surface area contributed by atoms with Gasteiger partial charge in [0.25, 0.3) is 5.91 Å². The number of hydrogen-bond donors (Lipinski definition) is 2. The first-order valence-electron chi connectivity index (χ1n) is 8.40. The van der Waals surface area contributed by atoms with E-state index in [1.54, 1.807) is 0 Å². The molecule has 2 N–H and O–H groups in total. The van der Waals surface area contributed by atoms with Crippen LogP contribution in [0, 0.1) is 0 Å². The Kier molecular flexibility index (Phi) is 6.84. The molecule has 0 atom stereocenters. The first-order valence-corrected chi connectivity index (χ1v) is 8.80. The Morgan fingerprint density at radius 3 is 2.50 bits per heavy atom. The quantitative estimate of drug-likeness (QED) is 0.584. The summed E-state index contributed by atoms with van der Waals surface area (Å²) in [4.78, 5) is 12.3. The Morgan fingerprint density at radius 2 is 1.91 bits per heavy atom. The largest absolute Gasteiger partial charge is 0.369 e. The number of aryl methyl sites for hydroxylation is 1. The van der Waals surface area contributed by atoms with E-state index in [9.17, 15) is 4.79 Å². The third-order valence-electron chi connectivity index (χ3n) is 4.18. The van der Waals surface area contributed by atoms with Crippen molar-refractivity contribution in [2.24, 2.45) is 0 Å². The van der Waals surface area contributed by atoms with E-state index in [0.717, 1.165) is 24.9 Å². The van der Waals surface area contributed by atoms with Crippen LogP contribution in [-0.2, 0) is 11.2 Å². The van der Waals surface area contributed by atoms with E-state index in [-0.39, 0.29) is 5.91 Å². The number of nitrogens with one attached hydrogen (secondary N) is 2. The average Bonchev–Trinajstić information content (AvgIpc) is 2.48. The number of anilines is 1. The molecule has 0 unspecified atom stereocenters. The van der Waals surface area contributed by atoms with E-state index < -0.39 is 0 Å². The Balaban J connectivity index is 1.75. The molecule has 0 radical (unpaired) electrons. The van der Waals surface area contributed by atoms with E-state index in [1.165, 1.54) is 37.7 Å². The summed E-state index contributed by atoms with van der Waals surface area (Å²) in [5, 5.41) is 5.96. The van der Waals surface area contributed by atoms with Crippen molar-refractivity contribution in [3.8, 4) is 0 Å². The van der Waals surface area contributed by atoms with Crippen molar-refractivity contribution in [2.45, 2.75) is 64.3 Å². The third kappa shape index (κ3) is 5.41. The standard InChI is InChI=1S/C18H26N2OS/c1-2-3-4-5-7-14-10-12-16(13-11-14)19-17(21)18(22)20-15-8-6-9-15/h10-13,15H,2-9H2,1H3,(H,19,21)(H,20,22). The van der Waals surface area contributed by atoms with E-state index in [4.69, 9.17) is 12.2 Å². The highest BCUT2D eigenvalue weighted by molar-refractivity contribution is 7.82. The van der Waals surface area contributed by atoms with Crippen LogP contribution >= 0.6 is 12.2 Å². The second-order valence-electron chi connectivity index (χ2n) is 6.06. The highest BCUT2D eigenvalue weighted by atomic mass is 32.1. The lowest BCUT2D eigenvalue weighted by molar-refractivity contribution is -0.110. The summed E-state index contributed by atoms with van der Waals surface area (Å²) in [7, 11) is 0. The van der Waals surface area contributed by atoms with Crippen molar-refractivity contribution in [1.29, 1.82) is 0 Å². The van der Waals surface area contributed by atoms with Gasteiger partial charge >= 0.3 is 0 Å². The van der Waals surface area contributed by atoms with Crippen molar-refractivity contribution >= 4 is 28.8 Å². The molecule has 120 valence electrons. The van der Waals surface area contributed by atoms with Crippen molar-refractivity contribution in [3.63, 3.8) is 0 Å². The Bertz CT molecular complexity index is 494. The summed E-state index contributed by atoms with van der Waals surface area (Å²) in [6.07, 6.45) is 9.64. The molecule has 0 heterocycles. The van der Waals surface area contributed by atoms with Gasteiger partial charge in [-0.3, -0.25) is 4.79 Å². The topological polar surface area (TPSA) is 41.1 Å². The minimum Gasteiger partial charge on any atom is -0.369 e. The van der Waals surface area contributed by atoms with Gasteiger partial charge in [-0.25, -0.2) is 0 Å². The van der Waals surface area contributed by atoms with Crippen LogP contribution in [0.25, 0.3) is 0 Å². The lowest BCUT2D eigenvalue weighted by atomic mass is 9.93. The molecule has 0 aliphatic heterocycles. The molecule has 2 rings (SSSR count). The molecule has 1 aromatic carbocycles. The summed E-state index contributed by atoms with van der Waals surface area (Å²) in [5.41, 5.74) is 2.13. The number of carbonyl (C=O) groups is 1. The number of thiocarbonyl (C=S) groups is 1. The van der Waals surface area contributed by atoms with Gasteiger partial charge in [0.05, 0.1) is 0 Å². The van der Waals surface area contributed by atoms with Crippen LogP contribution in [0.3, 0.4) is 0 Å². The molecular weight excluding hydrogens is 292 g/mol. The minimum atomic E-state index is -0.211. The van der Waals surface area contributed by atoms with Crippen LogP contribution < -0.4 is 10.6 Å². The van der Waals surface area contributed by atoms with Crippen molar-refractivity contribution < 1.29 is 4.79 Å². The Hall–Kier alpha value is -1.42. The van der Waals surface area contributed by atoms with E-state index in [2.05, 4.69) is 29.7 Å². The van der Waals surface area contributed by atoms with Crippen molar-refractivity contribution in [1.82, 2.24) is 5.32 Å². The highest BCUT2D eigenvalue weighted by Crippen LogP contribution is 2.18. The van der Waals surface area contributed by atoms with Gasteiger partial charge in [0.2, 0.25) is 0 Å². The second-order valence-corrected chi connectivity index (χ2v) is 6.47. The zero-order chi connectivity index (χ0) is 15.8. The minimum absolute atomic E-state index is 0.211. The van der Waals surface area contributed by atoms with E-state index in [1.807, 2.05) is 12.1 Å². The Labute approximate surface area is 138 Å².